The summed E-state index contributed by atoms with van der Waals surface area (Å²) in [5, 5.41) is 2.68. The van der Waals surface area contributed by atoms with Crippen LogP contribution in [-0.4, -0.2) is 52.0 Å². The molecule has 1 aromatic rings. The first-order valence-electron chi connectivity index (χ1n) is 7.27. The predicted molar refractivity (Wildman–Crippen MR) is 87.3 cm³/mol. The molecule has 0 atom stereocenters. The van der Waals surface area contributed by atoms with Gasteiger partial charge in [0.25, 0.3) is 0 Å². The van der Waals surface area contributed by atoms with Gasteiger partial charge in [-0.25, -0.2) is 8.42 Å². The van der Waals surface area contributed by atoms with Crippen molar-refractivity contribution in [2.45, 2.75) is 31.7 Å². The second-order valence-corrected chi connectivity index (χ2v) is 7.11. The van der Waals surface area contributed by atoms with Crippen LogP contribution < -0.4 is 14.8 Å². The fourth-order valence-corrected chi connectivity index (χ4v) is 3.44. The van der Waals surface area contributed by atoms with E-state index >= 15 is 0 Å². The fraction of sp³-hybridized carbons (Fsp3) is 0.533. The predicted octanol–water partition coefficient (Wildman–Crippen LogP) is 1.24. The molecule has 0 aliphatic heterocycles. The molecule has 0 heterocycles. The quantitative estimate of drug-likeness (QED) is 0.767. The summed E-state index contributed by atoms with van der Waals surface area (Å²) in [6, 6.07) is 4.29. The van der Waals surface area contributed by atoms with Gasteiger partial charge in [-0.15, -0.1) is 0 Å². The average Bonchev–Trinajstić information content (AvgIpc) is 2.50. The lowest BCUT2D eigenvalue weighted by atomic mass is 10.3. The number of likely N-dealkylation sites (N-methyl/N-ethyl adjacent to an activating group) is 1. The molecule has 0 saturated heterocycles. The van der Waals surface area contributed by atoms with Gasteiger partial charge in [-0.3, -0.25) is 4.79 Å². The maximum atomic E-state index is 12.7. The van der Waals surface area contributed by atoms with Crippen LogP contribution in [0.4, 0.5) is 0 Å². The SMILES string of the molecule is CCN(CC(=O)NC(C)C)S(=O)(=O)c1ccc(OC)c(OC)c1. The average molecular weight is 344 g/mol. The van der Waals surface area contributed by atoms with Crippen molar-refractivity contribution in [3.63, 3.8) is 0 Å². The van der Waals surface area contributed by atoms with Crippen molar-refractivity contribution < 1.29 is 22.7 Å². The number of sulfonamides is 1. The highest BCUT2D eigenvalue weighted by Gasteiger charge is 2.26. The monoisotopic (exact) mass is 344 g/mol. The van der Waals surface area contributed by atoms with Crippen molar-refractivity contribution in [3.8, 4) is 11.5 Å². The van der Waals surface area contributed by atoms with E-state index in [2.05, 4.69) is 5.32 Å². The standard InChI is InChI=1S/C15H24N2O5S/c1-6-17(10-15(18)16-11(2)3)23(19,20)12-7-8-13(21-4)14(9-12)22-5/h7-9,11H,6,10H2,1-5H3,(H,16,18). The number of rotatable bonds is 8. The molecule has 0 aliphatic rings. The summed E-state index contributed by atoms with van der Waals surface area (Å²) in [4.78, 5) is 11.9. The summed E-state index contributed by atoms with van der Waals surface area (Å²) in [5.41, 5.74) is 0. The first kappa shape index (κ1) is 19.2. The highest BCUT2D eigenvalue weighted by atomic mass is 32.2. The maximum absolute atomic E-state index is 12.7. The van der Waals surface area contributed by atoms with Crippen molar-refractivity contribution >= 4 is 15.9 Å². The molecular formula is C15H24N2O5S. The van der Waals surface area contributed by atoms with Gasteiger partial charge in [0, 0.05) is 18.7 Å². The van der Waals surface area contributed by atoms with Crippen molar-refractivity contribution in [3.05, 3.63) is 18.2 Å². The number of carbonyl (C=O) groups is 1. The summed E-state index contributed by atoms with van der Waals surface area (Å²) < 4.78 is 36.8. The maximum Gasteiger partial charge on any atom is 0.243 e. The number of nitrogens with one attached hydrogen (secondary N) is 1. The molecule has 1 aromatic carbocycles. The molecule has 0 radical (unpaired) electrons. The third-order valence-corrected chi connectivity index (χ3v) is 5.03. The van der Waals surface area contributed by atoms with Crippen molar-refractivity contribution in [1.29, 1.82) is 0 Å². The number of benzene rings is 1. The Balaban J connectivity index is 3.10. The van der Waals surface area contributed by atoms with Crippen molar-refractivity contribution in [1.82, 2.24) is 9.62 Å². The van der Waals surface area contributed by atoms with E-state index in [1.807, 2.05) is 13.8 Å². The highest BCUT2D eigenvalue weighted by molar-refractivity contribution is 7.89. The first-order chi connectivity index (χ1) is 10.8. The van der Waals surface area contributed by atoms with Gasteiger partial charge in [0.2, 0.25) is 15.9 Å². The molecule has 1 amide bonds. The van der Waals surface area contributed by atoms with E-state index in [1.165, 1.54) is 32.4 Å². The van der Waals surface area contributed by atoms with Crippen LogP contribution in [0.15, 0.2) is 23.1 Å². The molecule has 1 rings (SSSR count). The summed E-state index contributed by atoms with van der Waals surface area (Å²) in [7, 11) is -0.897. The smallest absolute Gasteiger partial charge is 0.243 e. The van der Waals surface area contributed by atoms with Gasteiger partial charge >= 0.3 is 0 Å². The number of methoxy groups -OCH3 is 2. The summed E-state index contributed by atoms with van der Waals surface area (Å²) >= 11 is 0. The van der Waals surface area contributed by atoms with Crippen LogP contribution in [0.5, 0.6) is 11.5 Å². The molecule has 0 aromatic heterocycles. The zero-order valence-electron chi connectivity index (χ0n) is 14.1. The van der Waals surface area contributed by atoms with Crippen molar-refractivity contribution in [2.24, 2.45) is 0 Å². The molecule has 0 saturated carbocycles. The zero-order chi connectivity index (χ0) is 17.6. The lowest BCUT2D eigenvalue weighted by molar-refractivity contribution is -0.121. The van der Waals surface area contributed by atoms with Gasteiger partial charge in [0.05, 0.1) is 25.7 Å². The van der Waals surface area contributed by atoms with Crippen LogP contribution >= 0.6 is 0 Å². The fourth-order valence-electron chi connectivity index (χ4n) is 2.02. The Morgan fingerprint density at radius 1 is 1.22 bits per heavy atom. The summed E-state index contributed by atoms with van der Waals surface area (Å²) in [6.07, 6.45) is 0. The van der Waals surface area contributed by atoms with Gasteiger partial charge in [-0.1, -0.05) is 6.92 Å². The number of ether oxygens (including phenoxy) is 2. The highest BCUT2D eigenvalue weighted by Crippen LogP contribution is 2.30. The Morgan fingerprint density at radius 2 is 1.83 bits per heavy atom. The van der Waals surface area contributed by atoms with E-state index in [0.717, 1.165) is 4.31 Å². The Bertz CT molecular complexity index is 643. The lowest BCUT2D eigenvalue weighted by Crippen LogP contribution is -2.42. The Hall–Kier alpha value is -1.80. The van der Waals surface area contributed by atoms with E-state index < -0.39 is 10.0 Å². The number of carbonyl (C=O) groups excluding carboxylic acids is 1. The normalized spacial score (nSPS) is 11.6. The Labute approximate surface area is 137 Å². The van der Waals surface area contributed by atoms with E-state index in [0.29, 0.717) is 11.5 Å². The van der Waals surface area contributed by atoms with Crippen LogP contribution in [0.3, 0.4) is 0 Å². The lowest BCUT2D eigenvalue weighted by Gasteiger charge is -2.21. The van der Waals surface area contributed by atoms with Crippen LogP contribution in [0.25, 0.3) is 0 Å². The molecular weight excluding hydrogens is 320 g/mol. The minimum Gasteiger partial charge on any atom is -0.493 e. The van der Waals surface area contributed by atoms with Crippen LogP contribution in [-0.2, 0) is 14.8 Å². The van der Waals surface area contributed by atoms with Crippen LogP contribution in [0.2, 0.25) is 0 Å². The van der Waals surface area contributed by atoms with Gasteiger partial charge in [0.1, 0.15) is 0 Å². The Morgan fingerprint density at radius 3 is 2.30 bits per heavy atom. The topological polar surface area (TPSA) is 84.9 Å². The molecule has 0 spiro atoms. The summed E-state index contributed by atoms with van der Waals surface area (Å²) in [5.74, 6) is 0.411. The van der Waals surface area contributed by atoms with E-state index in [-0.39, 0.29) is 29.9 Å². The third-order valence-electron chi connectivity index (χ3n) is 3.12. The van der Waals surface area contributed by atoms with E-state index in [9.17, 15) is 13.2 Å². The molecule has 8 heteroatoms. The summed E-state index contributed by atoms with van der Waals surface area (Å²) in [6.45, 7) is 5.27. The van der Waals surface area contributed by atoms with Crippen LogP contribution in [0, 0.1) is 0 Å². The first-order valence-corrected chi connectivity index (χ1v) is 8.71. The largest absolute Gasteiger partial charge is 0.493 e. The molecule has 0 fully saturated rings. The van der Waals surface area contributed by atoms with Gasteiger partial charge < -0.3 is 14.8 Å². The van der Waals surface area contributed by atoms with E-state index in [1.54, 1.807) is 6.92 Å². The van der Waals surface area contributed by atoms with Crippen LogP contribution in [0.1, 0.15) is 20.8 Å². The van der Waals surface area contributed by atoms with Gasteiger partial charge in [-0.2, -0.15) is 4.31 Å². The van der Waals surface area contributed by atoms with Gasteiger partial charge in [0.15, 0.2) is 11.5 Å². The number of nitrogens with zero attached hydrogens (tertiary/aromatic N) is 1. The third kappa shape index (κ3) is 4.84. The molecule has 7 nitrogen and oxygen atoms in total. The number of amides is 1. The minimum atomic E-state index is -3.80. The molecule has 0 bridgehead atoms. The van der Waals surface area contributed by atoms with Crippen molar-refractivity contribution in [2.75, 3.05) is 27.3 Å². The molecule has 130 valence electrons. The second kappa shape index (κ2) is 8.16. The van der Waals surface area contributed by atoms with E-state index in [4.69, 9.17) is 9.47 Å². The zero-order valence-corrected chi connectivity index (χ0v) is 14.9. The number of hydrogen-bond donors (Lipinski definition) is 1. The molecule has 23 heavy (non-hydrogen) atoms. The molecule has 1 N–H and O–H groups in total. The van der Waals surface area contributed by atoms with Gasteiger partial charge in [-0.05, 0) is 26.0 Å². The minimum absolute atomic E-state index is 0.0503. The number of hydrogen-bond acceptors (Lipinski definition) is 5. The second-order valence-electron chi connectivity index (χ2n) is 5.17. The Kier molecular flexibility index (Phi) is 6.83. The molecule has 0 unspecified atom stereocenters. The molecule has 0 aliphatic carbocycles.